The van der Waals surface area contributed by atoms with E-state index in [4.69, 9.17) is 5.26 Å². The standard InChI is InChI=1S/C14H16N4S/c1-3-18(10-11(2)9-15)14-16-13(17-19-14)12-7-5-4-6-8-12/h4-8,11H,3,10H2,1-2H3. The molecule has 0 saturated heterocycles. The first-order valence-electron chi connectivity index (χ1n) is 6.28. The topological polar surface area (TPSA) is 52.8 Å². The van der Waals surface area contributed by atoms with Gasteiger partial charge in [-0.25, -0.2) is 0 Å². The average molecular weight is 272 g/mol. The van der Waals surface area contributed by atoms with Crippen LogP contribution in [0.1, 0.15) is 13.8 Å². The third kappa shape index (κ3) is 3.30. The number of hydrogen-bond acceptors (Lipinski definition) is 5. The van der Waals surface area contributed by atoms with Crippen molar-refractivity contribution in [3.63, 3.8) is 0 Å². The Morgan fingerprint density at radius 1 is 1.37 bits per heavy atom. The molecule has 0 radical (unpaired) electrons. The molecule has 2 rings (SSSR count). The minimum absolute atomic E-state index is 0.0102. The van der Waals surface area contributed by atoms with E-state index >= 15 is 0 Å². The predicted octanol–water partition coefficient (Wildman–Crippen LogP) is 3.19. The maximum absolute atomic E-state index is 8.90. The lowest BCUT2D eigenvalue weighted by molar-refractivity contribution is 0.685. The lowest BCUT2D eigenvalue weighted by Gasteiger charge is -2.19. The minimum atomic E-state index is -0.0102. The van der Waals surface area contributed by atoms with Crippen molar-refractivity contribution in [1.82, 2.24) is 9.36 Å². The van der Waals surface area contributed by atoms with Crippen molar-refractivity contribution in [2.45, 2.75) is 13.8 Å². The van der Waals surface area contributed by atoms with E-state index in [-0.39, 0.29) is 5.92 Å². The lowest BCUT2D eigenvalue weighted by atomic mass is 10.2. The zero-order valence-electron chi connectivity index (χ0n) is 11.1. The van der Waals surface area contributed by atoms with Gasteiger partial charge in [0.15, 0.2) is 5.82 Å². The van der Waals surface area contributed by atoms with Gasteiger partial charge in [-0.15, -0.1) is 0 Å². The lowest BCUT2D eigenvalue weighted by Crippen LogP contribution is -2.27. The van der Waals surface area contributed by atoms with E-state index in [0.29, 0.717) is 6.54 Å². The van der Waals surface area contributed by atoms with Crippen molar-refractivity contribution in [2.75, 3.05) is 18.0 Å². The van der Waals surface area contributed by atoms with E-state index in [2.05, 4.69) is 27.3 Å². The Bertz CT molecular complexity index is 558. The first kappa shape index (κ1) is 13.5. The Morgan fingerprint density at radius 3 is 2.74 bits per heavy atom. The second-order valence-electron chi connectivity index (χ2n) is 4.34. The van der Waals surface area contributed by atoms with Crippen LogP contribution in [0, 0.1) is 17.2 Å². The van der Waals surface area contributed by atoms with Crippen LogP contribution in [-0.2, 0) is 0 Å². The van der Waals surface area contributed by atoms with Gasteiger partial charge < -0.3 is 4.90 Å². The summed E-state index contributed by atoms with van der Waals surface area (Å²) >= 11 is 1.38. The summed E-state index contributed by atoms with van der Waals surface area (Å²) in [4.78, 5) is 6.66. The van der Waals surface area contributed by atoms with Crippen molar-refractivity contribution < 1.29 is 0 Å². The van der Waals surface area contributed by atoms with Crippen LogP contribution >= 0.6 is 11.5 Å². The maximum atomic E-state index is 8.90. The van der Waals surface area contributed by atoms with Gasteiger partial charge in [0.05, 0.1) is 12.0 Å². The van der Waals surface area contributed by atoms with Gasteiger partial charge in [0.25, 0.3) is 0 Å². The molecule has 1 aromatic heterocycles. The molecule has 98 valence electrons. The molecular formula is C14H16N4S. The van der Waals surface area contributed by atoms with Crippen LogP contribution in [-0.4, -0.2) is 22.4 Å². The Balaban J connectivity index is 2.18. The Labute approximate surface area is 117 Å². The summed E-state index contributed by atoms with van der Waals surface area (Å²) in [7, 11) is 0. The average Bonchev–Trinajstić information content (AvgIpc) is 2.95. The smallest absolute Gasteiger partial charge is 0.205 e. The molecule has 1 aromatic carbocycles. The third-order valence-electron chi connectivity index (χ3n) is 2.81. The molecule has 0 aliphatic carbocycles. The van der Waals surface area contributed by atoms with Gasteiger partial charge in [-0.05, 0) is 13.8 Å². The summed E-state index contributed by atoms with van der Waals surface area (Å²) in [5, 5.41) is 9.78. The van der Waals surface area contributed by atoms with E-state index in [1.54, 1.807) is 0 Å². The molecule has 1 heterocycles. The molecule has 1 unspecified atom stereocenters. The molecular weight excluding hydrogens is 256 g/mol. The molecule has 0 saturated carbocycles. The first-order chi connectivity index (χ1) is 9.24. The van der Waals surface area contributed by atoms with E-state index in [9.17, 15) is 0 Å². The SMILES string of the molecule is CCN(CC(C)C#N)c1nc(-c2ccccc2)ns1. The molecule has 0 amide bonds. The molecule has 5 heteroatoms. The van der Waals surface area contributed by atoms with Crippen molar-refractivity contribution >= 4 is 16.7 Å². The van der Waals surface area contributed by atoms with E-state index in [1.165, 1.54) is 11.5 Å². The number of nitrogens with zero attached hydrogens (tertiary/aromatic N) is 4. The highest BCUT2D eigenvalue weighted by Crippen LogP contribution is 2.24. The summed E-state index contributed by atoms with van der Waals surface area (Å²) in [6.07, 6.45) is 0. The number of aromatic nitrogens is 2. The van der Waals surface area contributed by atoms with Crippen LogP contribution in [0.5, 0.6) is 0 Å². The molecule has 0 aliphatic heterocycles. The predicted molar refractivity (Wildman–Crippen MR) is 78.0 cm³/mol. The van der Waals surface area contributed by atoms with Gasteiger partial charge in [-0.1, -0.05) is 30.3 Å². The van der Waals surface area contributed by atoms with Crippen LogP contribution in [0.2, 0.25) is 0 Å². The highest BCUT2D eigenvalue weighted by atomic mass is 32.1. The summed E-state index contributed by atoms with van der Waals surface area (Å²) < 4.78 is 4.39. The monoisotopic (exact) mass is 272 g/mol. The van der Waals surface area contributed by atoms with Crippen molar-refractivity contribution in [3.8, 4) is 17.5 Å². The summed E-state index contributed by atoms with van der Waals surface area (Å²) in [6.45, 7) is 5.50. The second kappa shape index (κ2) is 6.30. The largest absolute Gasteiger partial charge is 0.346 e. The maximum Gasteiger partial charge on any atom is 0.205 e. The first-order valence-corrected chi connectivity index (χ1v) is 7.05. The number of nitriles is 1. The molecule has 4 nitrogen and oxygen atoms in total. The van der Waals surface area contributed by atoms with Gasteiger partial charge >= 0.3 is 0 Å². The molecule has 0 aliphatic rings. The van der Waals surface area contributed by atoms with E-state index in [0.717, 1.165) is 23.1 Å². The van der Waals surface area contributed by atoms with Gasteiger partial charge in [0.1, 0.15) is 0 Å². The zero-order chi connectivity index (χ0) is 13.7. The quantitative estimate of drug-likeness (QED) is 0.838. The fourth-order valence-electron chi connectivity index (χ4n) is 1.76. The molecule has 1 atom stereocenters. The third-order valence-corrected chi connectivity index (χ3v) is 3.59. The minimum Gasteiger partial charge on any atom is -0.346 e. The van der Waals surface area contributed by atoms with Crippen molar-refractivity contribution in [2.24, 2.45) is 5.92 Å². The molecule has 0 fully saturated rings. The van der Waals surface area contributed by atoms with Crippen LogP contribution in [0.25, 0.3) is 11.4 Å². The Morgan fingerprint density at radius 2 is 2.11 bits per heavy atom. The van der Waals surface area contributed by atoms with Crippen LogP contribution in [0.4, 0.5) is 5.13 Å². The highest BCUT2D eigenvalue weighted by Gasteiger charge is 2.14. The van der Waals surface area contributed by atoms with Gasteiger partial charge in [-0.3, -0.25) is 0 Å². The van der Waals surface area contributed by atoms with E-state index < -0.39 is 0 Å². The van der Waals surface area contributed by atoms with Crippen molar-refractivity contribution in [3.05, 3.63) is 30.3 Å². The number of benzene rings is 1. The Hall–Kier alpha value is -1.93. The normalized spacial score (nSPS) is 11.8. The van der Waals surface area contributed by atoms with Gasteiger partial charge in [0, 0.05) is 30.2 Å². The van der Waals surface area contributed by atoms with Crippen LogP contribution in [0.15, 0.2) is 30.3 Å². The number of rotatable bonds is 5. The molecule has 0 bridgehead atoms. The van der Waals surface area contributed by atoms with Gasteiger partial charge in [-0.2, -0.15) is 14.6 Å². The summed E-state index contributed by atoms with van der Waals surface area (Å²) in [6, 6.07) is 12.2. The number of anilines is 1. The highest BCUT2D eigenvalue weighted by molar-refractivity contribution is 7.09. The molecule has 0 spiro atoms. The fraction of sp³-hybridized carbons (Fsp3) is 0.357. The van der Waals surface area contributed by atoms with Crippen LogP contribution < -0.4 is 4.90 Å². The Kier molecular flexibility index (Phi) is 4.48. The zero-order valence-corrected chi connectivity index (χ0v) is 11.9. The van der Waals surface area contributed by atoms with Gasteiger partial charge in [0.2, 0.25) is 5.13 Å². The molecule has 0 N–H and O–H groups in total. The number of hydrogen-bond donors (Lipinski definition) is 0. The van der Waals surface area contributed by atoms with Crippen LogP contribution in [0.3, 0.4) is 0 Å². The fourth-order valence-corrected chi connectivity index (χ4v) is 2.52. The summed E-state index contributed by atoms with van der Waals surface area (Å²) in [5.41, 5.74) is 1.02. The summed E-state index contributed by atoms with van der Waals surface area (Å²) in [5.74, 6) is 0.743. The van der Waals surface area contributed by atoms with E-state index in [1.807, 2.05) is 37.3 Å². The molecule has 2 aromatic rings. The van der Waals surface area contributed by atoms with Crippen molar-refractivity contribution in [1.29, 1.82) is 5.26 Å². The second-order valence-corrected chi connectivity index (χ2v) is 5.07. The molecule has 19 heavy (non-hydrogen) atoms.